The fourth-order valence-corrected chi connectivity index (χ4v) is 1.47. The van der Waals surface area contributed by atoms with E-state index in [9.17, 15) is 0 Å². The highest BCUT2D eigenvalue weighted by molar-refractivity contribution is 6.29. The molecule has 1 aliphatic rings. The van der Waals surface area contributed by atoms with Gasteiger partial charge in [0.15, 0.2) is 5.15 Å². The molecular formula is C10H17ClN4. The number of halogens is 1. The Balaban J connectivity index is 0.000000162. The molecule has 84 valence electrons. The molecule has 1 aliphatic heterocycles. The third-order valence-electron chi connectivity index (χ3n) is 2.20. The molecule has 2 heterocycles. The highest BCUT2D eigenvalue weighted by Gasteiger charge is 1.94. The number of aryl methyl sites for hydroxylation is 1. The molecule has 0 saturated carbocycles. The average molecular weight is 229 g/mol. The lowest BCUT2D eigenvalue weighted by Gasteiger charge is -2.08. The van der Waals surface area contributed by atoms with E-state index >= 15 is 0 Å². The normalized spacial score (nSPS) is 15.3. The van der Waals surface area contributed by atoms with Crippen LogP contribution < -0.4 is 11.1 Å². The summed E-state index contributed by atoms with van der Waals surface area (Å²) in [6.07, 6.45) is 4.22. The van der Waals surface area contributed by atoms with Gasteiger partial charge in [-0.2, -0.15) is 0 Å². The number of anilines is 1. The first-order valence-corrected chi connectivity index (χ1v) is 5.54. The van der Waals surface area contributed by atoms with Crippen LogP contribution in [0.25, 0.3) is 0 Å². The smallest absolute Gasteiger partial charge is 0.152 e. The Hall–Kier alpha value is -0.870. The van der Waals surface area contributed by atoms with Gasteiger partial charge in [-0.3, -0.25) is 0 Å². The Labute approximate surface area is 95.2 Å². The average Bonchev–Trinajstić information content (AvgIpc) is 2.27. The second kappa shape index (κ2) is 6.58. The zero-order valence-electron chi connectivity index (χ0n) is 8.96. The van der Waals surface area contributed by atoms with Crippen LogP contribution in [0.3, 0.4) is 0 Å². The molecule has 0 aliphatic carbocycles. The van der Waals surface area contributed by atoms with Crippen molar-refractivity contribution in [2.45, 2.75) is 26.2 Å². The molecule has 1 aromatic heterocycles. The Morgan fingerprint density at radius 2 is 1.93 bits per heavy atom. The maximum Gasteiger partial charge on any atom is 0.152 e. The number of hydrogen-bond acceptors (Lipinski definition) is 4. The number of piperidine rings is 1. The van der Waals surface area contributed by atoms with Gasteiger partial charge in [-0.05, 0) is 44.5 Å². The minimum Gasteiger partial charge on any atom is -0.382 e. The minimum absolute atomic E-state index is 0.377. The van der Waals surface area contributed by atoms with Crippen LogP contribution in [0.2, 0.25) is 5.15 Å². The topological polar surface area (TPSA) is 63.8 Å². The second-order valence-electron chi connectivity index (χ2n) is 3.55. The van der Waals surface area contributed by atoms with Gasteiger partial charge in [-0.15, -0.1) is 10.2 Å². The van der Waals surface area contributed by atoms with Gasteiger partial charge in [-0.1, -0.05) is 18.0 Å². The van der Waals surface area contributed by atoms with Crippen LogP contribution in [-0.2, 0) is 0 Å². The zero-order chi connectivity index (χ0) is 11.1. The highest BCUT2D eigenvalue weighted by atomic mass is 35.5. The van der Waals surface area contributed by atoms with E-state index in [-0.39, 0.29) is 0 Å². The summed E-state index contributed by atoms with van der Waals surface area (Å²) < 4.78 is 0. The number of nitrogens with one attached hydrogen (secondary N) is 1. The lowest BCUT2D eigenvalue weighted by Crippen LogP contribution is -2.21. The van der Waals surface area contributed by atoms with Gasteiger partial charge >= 0.3 is 0 Å². The maximum atomic E-state index is 5.49. The molecule has 15 heavy (non-hydrogen) atoms. The molecule has 5 heteroatoms. The Bertz CT molecular complexity index is 288. The van der Waals surface area contributed by atoms with Crippen molar-refractivity contribution in [3.63, 3.8) is 0 Å². The summed E-state index contributed by atoms with van der Waals surface area (Å²) in [5.41, 5.74) is 6.21. The van der Waals surface area contributed by atoms with E-state index in [4.69, 9.17) is 17.3 Å². The first-order chi connectivity index (χ1) is 7.20. The summed E-state index contributed by atoms with van der Waals surface area (Å²) in [4.78, 5) is 0. The molecule has 0 bridgehead atoms. The van der Waals surface area contributed by atoms with Crippen molar-refractivity contribution in [2.24, 2.45) is 0 Å². The monoisotopic (exact) mass is 228 g/mol. The number of nitrogens with zero attached hydrogens (tertiary/aromatic N) is 2. The Kier molecular flexibility index (Phi) is 5.36. The predicted octanol–water partition coefficient (Wildman–Crippen LogP) is 1.78. The van der Waals surface area contributed by atoms with E-state index in [0.717, 1.165) is 5.56 Å². The molecule has 0 atom stereocenters. The van der Waals surface area contributed by atoms with Crippen LogP contribution in [0.4, 0.5) is 5.82 Å². The van der Waals surface area contributed by atoms with Crippen LogP contribution in [0.15, 0.2) is 6.07 Å². The van der Waals surface area contributed by atoms with Gasteiger partial charge in [0.1, 0.15) is 5.82 Å². The molecule has 0 radical (unpaired) electrons. The van der Waals surface area contributed by atoms with Crippen molar-refractivity contribution >= 4 is 17.4 Å². The number of hydrogen-bond donors (Lipinski definition) is 2. The summed E-state index contributed by atoms with van der Waals surface area (Å²) in [7, 11) is 0. The Morgan fingerprint density at radius 1 is 1.27 bits per heavy atom. The first-order valence-electron chi connectivity index (χ1n) is 5.16. The van der Waals surface area contributed by atoms with Crippen LogP contribution in [-0.4, -0.2) is 23.3 Å². The van der Waals surface area contributed by atoms with Crippen molar-refractivity contribution in [3.05, 3.63) is 16.8 Å². The molecule has 3 N–H and O–H groups in total. The SMILES string of the molecule is C1CCNCC1.Cc1cc(Cl)nnc1N. The lowest BCUT2D eigenvalue weighted by molar-refractivity contribution is 0.520. The Morgan fingerprint density at radius 3 is 2.27 bits per heavy atom. The molecule has 1 aromatic rings. The van der Waals surface area contributed by atoms with E-state index in [0.29, 0.717) is 11.0 Å². The molecule has 2 rings (SSSR count). The van der Waals surface area contributed by atoms with Gasteiger partial charge in [0.25, 0.3) is 0 Å². The highest BCUT2D eigenvalue weighted by Crippen LogP contribution is 2.09. The minimum atomic E-state index is 0.377. The zero-order valence-corrected chi connectivity index (χ0v) is 9.72. The van der Waals surface area contributed by atoms with Crippen LogP contribution in [0.5, 0.6) is 0 Å². The van der Waals surface area contributed by atoms with Crippen LogP contribution in [0.1, 0.15) is 24.8 Å². The molecule has 0 spiro atoms. The number of aromatic nitrogens is 2. The van der Waals surface area contributed by atoms with Gasteiger partial charge < -0.3 is 11.1 Å². The number of rotatable bonds is 0. The third-order valence-corrected chi connectivity index (χ3v) is 2.38. The summed E-state index contributed by atoms with van der Waals surface area (Å²) in [5, 5.41) is 10.8. The van der Waals surface area contributed by atoms with Gasteiger partial charge in [0, 0.05) is 0 Å². The summed E-state index contributed by atoms with van der Waals surface area (Å²) in [5.74, 6) is 0.430. The number of nitrogen functional groups attached to an aromatic ring is 1. The fourth-order valence-electron chi connectivity index (χ4n) is 1.26. The van der Waals surface area contributed by atoms with Crippen molar-refractivity contribution in [1.29, 1.82) is 0 Å². The maximum absolute atomic E-state index is 5.49. The summed E-state index contributed by atoms with van der Waals surface area (Å²) in [6.45, 7) is 4.33. The van der Waals surface area contributed by atoms with E-state index in [1.165, 1.54) is 32.4 Å². The molecule has 0 unspecified atom stereocenters. The molecular weight excluding hydrogens is 212 g/mol. The molecule has 0 aromatic carbocycles. The fraction of sp³-hybridized carbons (Fsp3) is 0.600. The molecule has 4 nitrogen and oxygen atoms in total. The van der Waals surface area contributed by atoms with Crippen molar-refractivity contribution in [1.82, 2.24) is 15.5 Å². The molecule has 1 saturated heterocycles. The van der Waals surface area contributed by atoms with Crippen molar-refractivity contribution in [2.75, 3.05) is 18.8 Å². The predicted molar refractivity (Wildman–Crippen MR) is 62.9 cm³/mol. The van der Waals surface area contributed by atoms with Crippen molar-refractivity contribution < 1.29 is 0 Å². The van der Waals surface area contributed by atoms with E-state index in [1.54, 1.807) is 6.07 Å². The van der Waals surface area contributed by atoms with Crippen molar-refractivity contribution in [3.8, 4) is 0 Å². The standard InChI is InChI=1S/C5H6ClN3.C5H11N/c1-3-2-4(6)8-9-5(3)7;1-2-4-6-5-3-1/h2H,1H3,(H2,7,9);6H,1-5H2. The second-order valence-corrected chi connectivity index (χ2v) is 3.93. The summed E-state index contributed by atoms with van der Waals surface area (Å²) >= 11 is 5.49. The van der Waals surface area contributed by atoms with Gasteiger partial charge in [0.05, 0.1) is 0 Å². The first kappa shape index (κ1) is 12.2. The quantitative estimate of drug-likeness (QED) is 0.711. The largest absolute Gasteiger partial charge is 0.382 e. The number of nitrogens with two attached hydrogens (primary N) is 1. The molecule has 1 fully saturated rings. The van der Waals surface area contributed by atoms with E-state index in [1.807, 2.05) is 6.92 Å². The lowest BCUT2D eigenvalue weighted by atomic mass is 10.2. The third kappa shape index (κ3) is 4.95. The van der Waals surface area contributed by atoms with Crippen LogP contribution >= 0.6 is 11.6 Å². The molecule has 0 amide bonds. The van der Waals surface area contributed by atoms with E-state index < -0.39 is 0 Å². The van der Waals surface area contributed by atoms with E-state index in [2.05, 4.69) is 15.5 Å². The van der Waals surface area contributed by atoms with Gasteiger partial charge in [-0.25, -0.2) is 0 Å². The summed E-state index contributed by atoms with van der Waals surface area (Å²) in [6, 6.07) is 1.67. The van der Waals surface area contributed by atoms with Crippen LogP contribution in [0, 0.1) is 6.92 Å². The van der Waals surface area contributed by atoms with Gasteiger partial charge in [0.2, 0.25) is 0 Å².